The summed E-state index contributed by atoms with van der Waals surface area (Å²) in [5.74, 6) is 0.270. The highest BCUT2D eigenvalue weighted by molar-refractivity contribution is 6.35. The zero-order chi connectivity index (χ0) is 18.4. The number of benzene rings is 1. The van der Waals surface area contributed by atoms with E-state index in [0.717, 1.165) is 24.3 Å². The van der Waals surface area contributed by atoms with Gasteiger partial charge in [0.15, 0.2) is 0 Å². The highest BCUT2D eigenvalue weighted by Gasteiger charge is 2.10. The number of nitrogens with zero attached hydrogens (tertiary/aromatic N) is 2. The van der Waals surface area contributed by atoms with Gasteiger partial charge in [-0.25, -0.2) is 4.98 Å². The Morgan fingerprint density at radius 3 is 2.50 bits per heavy atom. The second-order valence-corrected chi connectivity index (χ2v) is 7.13. The van der Waals surface area contributed by atoms with Crippen molar-refractivity contribution in [1.29, 1.82) is 0 Å². The second-order valence-electron chi connectivity index (χ2n) is 6.29. The fourth-order valence-electron chi connectivity index (χ4n) is 2.95. The molecule has 26 heavy (non-hydrogen) atoms. The summed E-state index contributed by atoms with van der Waals surface area (Å²) >= 11 is 12.0. The summed E-state index contributed by atoms with van der Waals surface area (Å²) in [7, 11) is 0. The van der Waals surface area contributed by atoms with Gasteiger partial charge in [-0.05, 0) is 48.7 Å². The summed E-state index contributed by atoms with van der Waals surface area (Å²) in [5.41, 5.74) is 1.84. The number of anilines is 2. The number of carbonyl (C=O) groups is 1. The summed E-state index contributed by atoms with van der Waals surface area (Å²) in [4.78, 5) is 18.8. The van der Waals surface area contributed by atoms with Gasteiger partial charge < -0.3 is 10.2 Å². The zero-order valence-corrected chi connectivity index (χ0v) is 15.9. The van der Waals surface area contributed by atoms with Crippen LogP contribution in [0.3, 0.4) is 0 Å². The number of carbonyl (C=O) groups excluding carboxylic acids is 1. The molecule has 1 N–H and O–H groups in total. The first-order chi connectivity index (χ1) is 12.6. The van der Waals surface area contributed by atoms with Crippen LogP contribution in [0.2, 0.25) is 10.0 Å². The third kappa shape index (κ3) is 5.23. The molecule has 6 heteroatoms. The number of halogens is 2. The summed E-state index contributed by atoms with van der Waals surface area (Å²) in [6.45, 7) is 2.13. The van der Waals surface area contributed by atoms with Gasteiger partial charge in [-0.3, -0.25) is 4.79 Å². The van der Waals surface area contributed by atoms with E-state index in [0.29, 0.717) is 15.9 Å². The lowest BCUT2D eigenvalue weighted by atomic mass is 10.2. The van der Waals surface area contributed by atoms with Crippen LogP contribution in [0.4, 0.5) is 11.5 Å². The first-order valence-electron chi connectivity index (χ1n) is 8.77. The molecule has 0 atom stereocenters. The minimum atomic E-state index is -0.258. The van der Waals surface area contributed by atoms with Crippen molar-refractivity contribution in [3.05, 3.63) is 58.2 Å². The quantitative estimate of drug-likeness (QED) is 0.709. The fourth-order valence-corrected chi connectivity index (χ4v) is 3.42. The maximum atomic E-state index is 12.1. The van der Waals surface area contributed by atoms with E-state index in [-0.39, 0.29) is 5.91 Å². The van der Waals surface area contributed by atoms with E-state index in [2.05, 4.69) is 15.2 Å². The van der Waals surface area contributed by atoms with E-state index < -0.39 is 0 Å². The van der Waals surface area contributed by atoms with Gasteiger partial charge in [0.2, 0.25) is 5.91 Å². The van der Waals surface area contributed by atoms with Crippen LogP contribution in [0.15, 0.2) is 42.6 Å². The first-order valence-corrected chi connectivity index (χ1v) is 9.52. The van der Waals surface area contributed by atoms with E-state index in [4.69, 9.17) is 23.2 Å². The minimum absolute atomic E-state index is 0.258. The predicted octanol–water partition coefficient (Wildman–Crippen LogP) is 5.42. The van der Waals surface area contributed by atoms with Crippen molar-refractivity contribution in [2.24, 2.45) is 0 Å². The largest absolute Gasteiger partial charge is 0.370 e. The molecule has 2 aromatic rings. The van der Waals surface area contributed by atoms with E-state index in [9.17, 15) is 4.79 Å². The molecule has 1 saturated heterocycles. The Bertz CT molecular complexity index is 782. The first kappa shape index (κ1) is 18.7. The molecule has 2 heterocycles. The predicted molar refractivity (Wildman–Crippen MR) is 109 cm³/mol. The average Bonchev–Trinajstić information content (AvgIpc) is 2.91. The van der Waals surface area contributed by atoms with Crippen molar-refractivity contribution in [2.75, 3.05) is 23.3 Å². The normalized spacial score (nSPS) is 15.1. The monoisotopic (exact) mass is 389 g/mol. The number of rotatable bonds is 4. The van der Waals surface area contributed by atoms with Gasteiger partial charge in [0, 0.05) is 29.2 Å². The maximum absolute atomic E-state index is 12.1. The van der Waals surface area contributed by atoms with Gasteiger partial charge in [0.1, 0.15) is 5.82 Å². The lowest BCUT2D eigenvalue weighted by Gasteiger charge is -2.22. The molecule has 1 fully saturated rings. The van der Waals surface area contributed by atoms with Gasteiger partial charge in [-0.15, -0.1) is 0 Å². The van der Waals surface area contributed by atoms with Crippen LogP contribution in [0.1, 0.15) is 31.2 Å². The Hall–Kier alpha value is -2.04. The molecule has 1 aromatic heterocycles. The van der Waals surface area contributed by atoms with Crippen molar-refractivity contribution in [1.82, 2.24) is 4.98 Å². The molecule has 1 aromatic carbocycles. The second kappa shape index (κ2) is 9.06. The van der Waals surface area contributed by atoms with Crippen LogP contribution < -0.4 is 10.2 Å². The van der Waals surface area contributed by atoms with E-state index >= 15 is 0 Å². The fraction of sp³-hybridized carbons (Fsp3) is 0.300. The van der Waals surface area contributed by atoms with Crippen LogP contribution >= 0.6 is 23.2 Å². The van der Waals surface area contributed by atoms with Gasteiger partial charge in [0.25, 0.3) is 0 Å². The van der Waals surface area contributed by atoms with Crippen molar-refractivity contribution in [3.63, 3.8) is 0 Å². The van der Waals surface area contributed by atoms with E-state index in [1.807, 2.05) is 18.3 Å². The molecule has 1 aliphatic heterocycles. The Balaban J connectivity index is 1.59. The summed E-state index contributed by atoms with van der Waals surface area (Å²) in [5, 5.41) is 3.82. The lowest BCUT2D eigenvalue weighted by molar-refractivity contribution is -0.111. The molecule has 0 aliphatic carbocycles. The molecule has 0 unspecified atom stereocenters. The highest BCUT2D eigenvalue weighted by Crippen LogP contribution is 2.22. The van der Waals surface area contributed by atoms with Crippen LogP contribution in [0, 0.1) is 0 Å². The standard InChI is InChI=1S/C20H21Cl2N3O/c21-16-7-5-15(18(22)13-16)6-10-20(26)24-19-9-8-17(14-23-19)25-11-3-1-2-4-12-25/h5-10,13-14H,1-4,11-12H2,(H,23,24,26)/b10-6+. The van der Waals surface area contributed by atoms with Crippen molar-refractivity contribution in [2.45, 2.75) is 25.7 Å². The number of hydrogen-bond acceptors (Lipinski definition) is 3. The summed E-state index contributed by atoms with van der Waals surface area (Å²) in [6, 6.07) is 8.98. The SMILES string of the molecule is O=C(/C=C/c1ccc(Cl)cc1Cl)Nc1ccc(N2CCCCCC2)cn1. The molecule has 0 bridgehead atoms. The Kier molecular flexibility index (Phi) is 6.53. The Morgan fingerprint density at radius 1 is 1.08 bits per heavy atom. The smallest absolute Gasteiger partial charge is 0.249 e. The van der Waals surface area contributed by atoms with Crippen molar-refractivity contribution >= 4 is 46.7 Å². The van der Waals surface area contributed by atoms with Crippen LogP contribution in [-0.4, -0.2) is 24.0 Å². The van der Waals surface area contributed by atoms with Gasteiger partial charge in [0.05, 0.1) is 11.9 Å². The summed E-state index contributed by atoms with van der Waals surface area (Å²) in [6.07, 6.45) is 9.93. The van der Waals surface area contributed by atoms with Crippen LogP contribution in [-0.2, 0) is 4.79 Å². The lowest BCUT2D eigenvalue weighted by Crippen LogP contribution is -2.24. The molecular formula is C20H21Cl2N3O. The number of pyridine rings is 1. The van der Waals surface area contributed by atoms with Crippen LogP contribution in [0.25, 0.3) is 6.08 Å². The zero-order valence-electron chi connectivity index (χ0n) is 14.4. The molecular weight excluding hydrogens is 369 g/mol. The molecule has 3 rings (SSSR count). The number of aromatic nitrogens is 1. The Morgan fingerprint density at radius 2 is 1.85 bits per heavy atom. The number of nitrogens with one attached hydrogen (secondary N) is 1. The van der Waals surface area contributed by atoms with Gasteiger partial charge >= 0.3 is 0 Å². The molecule has 0 spiro atoms. The Labute approximate surface area is 163 Å². The molecule has 0 saturated carbocycles. The molecule has 136 valence electrons. The molecule has 1 aliphatic rings. The average molecular weight is 390 g/mol. The maximum Gasteiger partial charge on any atom is 0.249 e. The van der Waals surface area contributed by atoms with E-state index in [1.165, 1.54) is 31.8 Å². The summed E-state index contributed by atoms with van der Waals surface area (Å²) < 4.78 is 0. The van der Waals surface area contributed by atoms with Gasteiger partial charge in [-0.1, -0.05) is 42.1 Å². The number of hydrogen-bond donors (Lipinski definition) is 1. The minimum Gasteiger partial charge on any atom is -0.370 e. The third-order valence-electron chi connectivity index (χ3n) is 4.35. The van der Waals surface area contributed by atoms with Crippen molar-refractivity contribution in [3.8, 4) is 0 Å². The number of amides is 1. The molecule has 1 amide bonds. The van der Waals surface area contributed by atoms with E-state index in [1.54, 1.807) is 24.3 Å². The van der Waals surface area contributed by atoms with Crippen LogP contribution in [0.5, 0.6) is 0 Å². The highest BCUT2D eigenvalue weighted by atomic mass is 35.5. The van der Waals surface area contributed by atoms with Gasteiger partial charge in [-0.2, -0.15) is 0 Å². The van der Waals surface area contributed by atoms with Crippen molar-refractivity contribution < 1.29 is 4.79 Å². The molecule has 0 radical (unpaired) electrons. The topological polar surface area (TPSA) is 45.2 Å². The third-order valence-corrected chi connectivity index (χ3v) is 4.91. The molecule has 4 nitrogen and oxygen atoms in total.